The van der Waals surface area contributed by atoms with Crippen molar-refractivity contribution in [3.8, 4) is 0 Å². The van der Waals surface area contributed by atoms with E-state index >= 15 is 0 Å². The van der Waals surface area contributed by atoms with Gasteiger partial charge in [-0.2, -0.15) is 0 Å². The molecule has 0 aliphatic carbocycles. The van der Waals surface area contributed by atoms with Crippen LogP contribution < -0.4 is 5.32 Å². The summed E-state index contributed by atoms with van der Waals surface area (Å²) in [5.74, 6) is -0.351. The van der Waals surface area contributed by atoms with Gasteiger partial charge in [0.15, 0.2) is 0 Å². The molecule has 0 radical (unpaired) electrons. The fraction of sp³-hybridized carbons (Fsp3) is 0.500. The first kappa shape index (κ1) is 18.4. The zero-order valence-electron chi connectivity index (χ0n) is 14.0. The fourth-order valence-corrected chi connectivity index (χ4v) is 1.90. The van der Waals surface area contributed by atoms with Gasteiger partial charge in [0.2, 0.25) is 0 Å². The van der Waals surface area contributed by atoms with Gasteiger partial charge in [-0.1, -0.05) is 42.8 Å². The number of carbonyl (C=O) groups is 1. The summed E-state index contributed by atoms with van der Waals surface area (Å²) in [4.78, 5) is 11.5. The molecule has 1 unspecified atom stereocenters. The Morgan fingerprint density at radius 3 is 2.55 bits per heavy atom. The smallest absolute Gasteiger partial charge is 0.332 e. The highest BCUT2D eigenvalue weighted by Crippen LogP contribution is 2.12. The Morgan fingerprint density at radius 1 is 1.27 bits per heavy atom. The fourth-order valence-electron chi connectivity index (χ4n) is 1.90. The third-order valence-electron chi connectivity index (χ3n) is 3.23. The topological polar surface area (TPSA) is 47.6 Å². The summed E-state index contributed by atoms with van der Waals surface area (Å²) in [6.07, 6.45) is 4.87. The van der Waals surface area contributed by atoms with Crippen LogP contribution in [-0.4, -0.2) is 24.9 Å². The van der Waals surface area contributed by atoms with Gasteiger partial charge in [-0.15, -0.1) is 0 Å². The maximum absolute atomic E-state index is 11.5. The van der Waals surface area contributed by atoms with Crippen molar-refractivity contribution in [3.05, 3.63) is 47.5 Å². The van der Waals surface area contributed by atoms with Gasteiger partial charge in [-0.05, 0) is 38.8 Å². The molecule has 1 atom stereocenters. The Balaban J connectivity index is 2.63. The minimum Gasteiger partial charge on any atom is -0.464 e. The molecule has 0 fully saturated rings. The first-order valence-corrected chi connectivity index (χ1v) is 7.77. The van der Waals surface area contributed by atoms with Crippen molar-refractivity contribution in [1.29, 1.82) is 0 Å². The van der Waals surface area contributed by atoms with E-state index in [0.717, 1.165) is 6.42 Å². The van der Waals surface area contributed by atoms with Crippen LogP contribution in [0.25, 0.3) is 0 Å². The van der Waals surface area contributed by atoms with E-state index in [9.17, 15) is 4.79 Å². The van der Waals surface area contributed by atoms with Crippen LogP contribution >= 0.6 is 0 Å². The van der Waals surface area contributed by atoms with Crippen molar-refractivity contribution in [2.45, 2.75) is 46.4 Å². The third-order valence-corrected chi connectivity index (χ3v) is 3.23. The van der Waals surface area contributed by atoms with Crippen molar-refractivity contribution >= 4 is 5.97 Å². The van der Waals surface area contributed by atoms with Gasteiger partial charge >= 0.3 is 5.97 Å². The molecule has 122 valence electrons. The summed E-state index contributed by atoms with van der Waals surface area (Å²) in [5, 5.41) is 3.35. The van der Waals surface area contributed by atoms with E-state index in [1.54, 1.807) is 6.92 Å². The average molecular weight is 305 g/mol. The second-order valence-corrected chi connectivity index (χ2v) is 5.35. The lowest BCUT2D eigenvalue weighted by Crippen LogP contribution is -2.44. The predicted octanol–water partition coefficient (Wildman–Crippen LogP) is 3.35. The maximum Gasteiger partial charge on any atom is 0.332 e. The lowest BCUT2D eigenvalue weighted by atomic mass is 10.1. The van der Waals surface area contributed by atoms with E-state index in [0.29, 0.717) is 13.2 Å². The van der Waals surface area contributed by atoms with Crippen molar-refractivity contribution in [2.75, 3.05) is 13.2 Å². The summed E-state index contributed by atoms with van der Waals surface area (Å²) >= 11 is 0. The minimum atomic E-state index is -0.701. The number of hydrogen-bond donors (Lipinski definition) is 1. The first-order chi connectivity index (χ1) is 10.5. The van der Waals surface area contributed by atoms with E-state index < -0.39 is 5.72 Å². The number of carbonyl (C=O) groups excluding carboxylic acids is 1. The molecule has 0 heterocycles. The van der Waals surface area contributed by atoms with Gasteiger partial charge in [0.1, 0.15) is 12.3 Å². The number of aryl methyl sites for hydroxylation is 1. The van der Waals surface area contributed by atoms with E-state index in [2.05, 4.69) is 43.4 Å². The van der Waals surface area contributed by atoms with Gasteiger partial charge in [-0.25, -0.2) is 4.79 Å². The van der Waals surface area contributed by atoms with E-state index in [4.69, 9.17) is 9.47 Å². The van der Waals surface area contributed by atoms with Crippen LogP contribution in [0.3, 0.4) is 0 Å². The average Bonchev–Trinajstić information content (AvgIpc) is 2.51. The SMILES string of the molecule is CC/C=C\C(C)(NCc1ccc(C)cc1)OCC(=O)OCC. The molecule has 0 bridgehead atoms. The molecule has 0 aromatic heterocycles. The highest BCUT2D eigenvalue weighted by Gasteiger charge is 2.22. The molecular formula is C18H27NO3. The molecular weight excluding hydrogens is 278 g/mol. The number of nitrogens with one attached hydrogen (secondary N) is 1. The molecule has 0 aliphatic heterocycles. The summed E-state index contributed by atoms with van der Waals surface area (Å²) in [7, 11) is 0. The molecule has 1 N–H and O–H groups in total. The Morgan fingerprint density at radius 2 is 1.95 bits per heavy atom. The second-order valence-electron chi connectivity index (χ2n) is 5.35. The Bertz CT molecular complexity index is 482. The van der Waals surface area contributed by atoms with Crippen molar-refractivity contribution in [3.63, 3.8) is 0 Å². The van der Waals surface area contributed by atoms with Crippen LogP contribution in [-0.2, 0) is 20.8 Å². The number of allylic oxidation sites excluding steroid dienone is 1. The lowest BCUT2D eigenvalue weighted by Gasteiger charge is -2.28. The van der Waals surface area contributed by atoms with Crippen LogP contribution in [0.2, 0.25) is 0 Å². The van der Waals surface area contributed by atoms with Gasteiger partial charge in [-0.3, -0.25) is 5.32 Å². The minimum absolute atomic E-state index is 0.0701. The van der Waals surface area contributed by atoms with Gasteiger partial charge in [0.05, 0.1) is 6.61 Å². The van der Waals surface area contributed by atoms with Crippen LogP contribution in [0.15, 0.2) is 36.4 Å². The molecule has 22 heavy (non-hydrogen) atoms. The maximum atomic E-state index is 11.5. The first-order valence-electron chi connectivity index (χ1n) is 7.77. The molecule has 4 heteroatoms. The number of rotatable bonds is 9. The molecule has 4 nitrogen and oxygen atoms in total. The van der Waals surface area contributed by atoms with E-state index in [1.165, 1.54) is 11.1 Å². The van der Waals surface area contributed by atoms with Crippen LogP contribution in [0.5, 0.6) is 0 Å². The number of benzene rings is 1. The largest absolute Gasteiger partial charge is 0.464 e. The van der Waals surface area contributed by atoms with Crippen LogP contribution in [0.1, 0.15) is 38.3 Å². The highest BCUT2D eigenvalue weighted by molar-refractivity contribution is 5.70. The standard InChI is InChI=1S/C18H27NO3/c1-5-7-12-18(4,22-14-17(20)21-6-2)19-13-16-10-8-15(3)9-11-16/h7-12,19H,5-6,13-14H2,1-4H3/b12-7-. The van der Waals surface area contributed by atoms with Crippen LogP contribution in [0.4, 0.5) is 0 Å². The van der Waals surface area contributed by atoms with E-state index in [-0.39, 0.29) is 12.6 Å². The predicted molar refractivity (Wildman–Crippen MR) is 88.4 cm³/mol. The summed E-state index contributed by atoms with van der Waals surface area (Å²) in [5.41, 5.74) is 1.70. The zero-order chi connectivity index (χ0) is 16.4. The molecule has 0 aliphatic rings. The van der Waals surface area contributed by atoms with Gasteiger partial charge in [0, 0.05) is 6.54 Å². The van der Waals surface area contributed by atoms with E-state index in [1.807, 2.05) is 19.1 Å². The quantitative estimate of drug-likeness (QED) is 0.432. The molecule has 1 rings (SSSR count). The molecule has 0 amide bonds. The molecule has 0 saturated heterocycles. The Hall–Kier alpha value is -1.65. The van der Waals surface area contributed by atoms with Crippen molar-refractivity contribution < 1.29 is 14.3 Å². The summed E-state index contributed by atoms with van der Waals surface area (Å²) in [6, 6.07) is 8.32. The zero-order valence-corrected chi connectivity index (χ0v) is 14.0. The molecule has 0 saturated carbocycles. The molecule has 0 spiro atoms. The highest BCUT2D eigenvalue weighted by atomic mass is 16.6. The number of esters is 1. The number of hydrogen-bond acceptors (Lipinski definition) is 4. The Kier molecular flexibility index (Phi) is 7.85. The van der Waals surface area contributed by atoms with Gasteiger partial charge in [0.25, 0.3) is 0 Å². The summed E-state index contributed by atoms with van der Waals surface area (Å²) in [6.45, 7) is 8.76. The normalized spacial score (nSPS) is 14.0. The van der Waals surface area contributed by atoms with Crippen molar-refractivity contribution in [1.82, 2.24) is 5.32 Å². The monoisotopic (exact) mass is 305 g/mol. The third kappa shape index (κ3) is 6.87. The second kappa shape index (κ2) is 9.38. The summed E-state index contributed by atoms with van der Waals surface area (Å²) < 4.78 is 10.6. The Labute approximate surface area is 133 Å². The lowest BCUT2D eigenvalue weighted by molar-refractivity contribution is -0.154. The van der Waals surface area contributed by atoms with Gasteiger partial charge < -0.3 is 9.47 Å². The number of ether oxygens (including phenoxy) is 2. The molecule has 1 aromatic rings. The van der Waals surface area contributed by atoms with Crippen LogP contribution in [0, 0.1) is 6.92 Å². The molecule has 1 aromatic carbocycles. The van der Waals surface area contributed by atoms with Crippen molar-refractivity contribution in [2.24, 2.45) is 0 Å².